The van der Waals surface area contributed by atoms with Crippen LogP contribution in [0.2, 0.25) is 0 Å². The molecule has 0 spiro atoms. The number of aryl methyl sites for hydroxylation is 1. The lowest BCUT2D eigenvalue weighted by Crippen LogP contribution is -2.54. The highest BCUT2D eigenvalue weighted by atomic mass is 16.5. The van der Waals surface area contributed by atoms with Gasteiger partial charge in [-0.2, -0.15) is 0 Å². The number of aromatic nitrogens is 2. The van der Waals surface area contributed by atoms with Crippen molar-refractivity contribution in [2.75, 3.05) is 44.7 Å². The van der Waals surface area contributed by atoms with Crippen LogP contribution in [0, 0.1) is 6.92 Å². The van der Waals surface area contributed by atoms with E-state index in [0.29, 0.717) is 37.4 Å². The lowest BCUT2D eigenvalue weighted by atomic mass is 9.91. The van der Waals surface area contributed by atoms with Gasteiger partial charge in [0.1, 0.15) is 12.4 Å². The van der Waals surface area contributed by atoms with Crippen LogP contribution in [0.3, 0.4) is 0 Å². The number of ether oxygens (including phenoxy) is 1. The van der Waals surface area contributed by atoms with E-state index in [9.17, 15) is 9.90 Å². The normalized spacial score (nSPS) is 18.4. The van der Waals surface area contributed by atoms with Gasteiger partial charge in [-0.1, -0.05) is 0 Å². The Bertz CT molecular complexity index is 1120. The van der Waals surface area contributed by atoms with E-state index in [1.165, 1.54) is 0 Å². The second-order valence-corrected chi connectivity index (χ2v) is 8.75. The second-order valence-electron chi connectivity index (χ2n) is 8.75. The van der Waals surface area contributed by atoms with E-state index < -0.39 is 5.60 Å². The van der Waals surface area contributed by atoms with Crippen LogP contribution in [0.25, 0.3) is 10.9 Å². The number of piperidine rings is 1. The van der Waals surface area contributed by atoms with Crippen molar-refractivity contribution < 1.29 is 14.6 Å². The highest BCUT2D eigenvalue weighted by molar-refractivity contribution is 5.94. The number of pyridine rings is 2. The summed E-state index contributed by atoms with van der Waals surface area (Å²) in [7, 11) is 1.73. The van der Waals surface area contributed by atoms with Crippen molar-refractivity contribution in [2.24, 2.45) is 5.73 Å². The fourth-order valence-corrected chi connectivity index (χ4v) is 4.49. The molecule has 3 heterocycles. The molecule has 3 aromatic rings. The Morgan fingerprint density at radius 3 is 2.85 bits per heavy atom. The van der Waals surface area contributed by atoms with Crippen LogP contribution in [-0.2, 0) is 0 Å². The molecule has 4 rings (SSSR count). The van der Waals surface area contributed by atoms with Gasteiger partial charge >= 0.3 is 0 Å². The zero-order chi connectivity index (χ0) is 23.4. The number of hydrogen-bond donors (Lipinski definition) is 2. The third kappa shape index (κ3) is 5.23. The molecule has 8 heteroatoms. The number of nitrogens with zero attached hydrogens (tertiary/aromatic N) is 4. The molecule has 0 bridgehead atoms. The number of nitrogens with two attached hydrogens (primary N) is 1. The predicted molar refractivity (Wildman–Crippen MR) is 129 cm³/mol. The Labute approximate surface area is 194 Å². The third-order valence-corrected chi connectivity index (χ3v) is 5.98. The average molecular weight is 450 g/mol. The molecular formula is C25H31N5O3. The first-order chi connectivity index (χ1) is 15.9. The first kappa shape index (κ1) is 22.9. The number of hydrogen-bond acceptors (Lipinski definition) is 7. The van der Waals surface area contributed by atoms with Crippen molar-refractivity contribution >= 4 is 22.5 Å². The van der Waals surface area contributed by atoms with E-state index in [1.54, 1.807) is 42.4 Å². The highest BCUT2D eigenvalue weighted by Crippen LogP contribution is 2.32. The Kier molecular flexibility index (Phi) is 6.76. The van der Waals surface area contributed by atoms with Gasteiger partial charge in [0, 0.05) is 61.4 Å². The Morgan fingerprint density at radius 2 is 2.09 bits per heavy atom. The zero-order valence-corrected chi connectivity index (χ0v) is 19.2. The minimum absolute atomic E-state index is 0.139. The summed E-state index contributed by atoms with van der Waals surface area (Å²) in [5, 5.41) is 12.4. The number of amides is 1. The molecule has 8 nitrogen and oxygen atoms in total. The van der Waals surface area contributed by atoms with Crippen molar-refractivity contribution in [1.82, 2.24) is 14.9 Å². The Morgan fingerprint density at radius 1 is 1.30 bits per heavy atom. The lowest BCUT2D eigenvalue weighted by Gasteiger charge is -2.42. The minimum atomic E-state index is -1.02. The van der Waals surface area contributed by atoms with Crippen molar-refractivity contribution in [3.05, 3.63) is 60.0 Å². The van der Waals surface area contributed by atoms with Gasteiger partial charge in [-0.05, 0) is 56.2 Å². The summed E-state index contributed by atoms with van der Waals surface area (Å²) < 4.78 is 5.48. The molecule has 0 unspecified atom stereocenters. The van der Waals surface area contributed by atoms with E-state index in [-0.39, 0.29) is 12.5 Å². The predicted octanol–water partition coefficient (Wildman–Crippen LogP) is 2.38. The van der Waals surface area contributed by atoms with Gasteiger partial charge in [0.15, 0.2) is 0 Å². The number of benzene rings is 1. The maximum Gasteiger partial charge on any atom is 0.253 e. The minimum Gasteiger partial charge on any atom is -0.492 e. The largest absolute Gasteiger partial charge is 0.492 e. The third-order valence-electron chi connectivity index (χ3n) is 5.98. The van der Waals surface area contributed by atoms with Crippen LogP contribution in [-0.4, -0.2) is 71.3 Å². The lowest BCUT2D eigenvalue weighted by molar-refractivity contribution is 0.0000637. The van der Waals surface area contributed by atoms with Gasteiger partial charge in [0.25, 0.3) is 5.91 Å². The zero-order valence-electron chi connectivity index (χ0n) is 19.2. The van der Waals surface area contributed by atoms with E-state index in [1.807, 2.05) is 25.3 Å². The molecule has 0 aliphatic carbocycles. The number of anilines is 1. The van der Waals surface area contributed by atoms with Crippen molar-refractivity contribution in [2.45, 2.75) is 25.4 Å². The summed E-state index contributed by atoms with van der Waals surface area (Å²) >= 11 is 0. The number of rotatable bonds is 7. The van der Waals surface area contributed by atoms with Crippen molar-refractivity contribution in [1.29, 1.82) is 0 Å². The van der Waals surface area contributed by atoms with E-state index in [0.717, 1.165) is 35.2 Å². The molecule has 1 atom stereocenters. The Hall–Kier alpha value is -3.23. The molecule has 1 aromatic carbocycles. The molecule has 1 aliphatic rings. The standard InChI is InChI=1S/C25H31N5O3/c1-18-14-23(21-15-27-11-8-22(21)28-18)30-12-3-9-25(32,17-30)16-29(2)24(31)19-4-6-20(7-5-19)33-13-10-26/h4-8,11,14-15,32H,3,9-10,12-13,16-17,26H2,1-2H3/t25-/m1/s1. The summed E-state index contributed by atoms with van der Waals surface area (Å²) in [4.78, 5) is 25.6. The summed E-state index contributed by atoms with van der Waals surface area (Å²) in [5.74, 6) is 0.538. The summed E-state index contributed by atoms with van der Waals surface area (Å²) in [6, 6.07) is 10.9. The molecule has 174 valence electrons. The topological polar surface area (TPSA) is 105 Å². The van der Waals surface area contributed by atoms with Gasteiger partial charge in [0.2, 0.25) is 0 Å². The van der Waals surface area contributed by atoms with Crippen LogP contribution in [0.1, 0.15) is 28.9 Å². The fourth-order valence-electron chi connectivity index (χ4n) is 4.49. The van der Waals surface area contributed by atoms with Crippen molar-refractivity contribution in [3.63, 3.8) is 0 Å². The monoisotopic (exact) mass is 449 g/mol. The molecule has 2 aromatic heterocycles. The highest BCUT2D eigenvalue weighted by Gasteiger charge is 2.36. The van der Waals surface area contributed by atoms with Gasteiger partial charge in [-0.3, -0.25) is 14.8 Å². The van der Waals surface area contributed by atoms with Gasteiger partial charge in [-0.15, -0.1) is 0 Å². The summed E-state index contributed by atoms with van der Waals surface area (Å²) in [6.45, 7) is 4.34. The number of aliphatic hydroxyl groups is 1. The fraction of sp³-hybridized carbons (Fsp3) is 0.400. The number of β-amino-alcohol motifs (C(OH)–C–C–N with tert-alkyl or cyclic N) is 1. The average Bonchev–Trinajstić information content (AvgIpc) is 2.81. The van der Waals surface area contributed by atoms with Gasteiger partial charge < -0.3 is 25.4 Å². The molecule has 0 radical (unpaired) electrons. The summed E-state index contributed by atoms with van der Waals surface area (Å²) in [5.41, 5.74) is 7.82. The molecule has 1 amide bonds. The molecule has 3 N–H and O–H groups in total. The second kappa shape index (κ2) is 9.72. The van der Waals surface area contributed by atoms with E-state index >= 15 is 0 Å². The SMILES string of the molecule is Cc1cc(N2CCC[C@@](O)(CN(C)C(=O)c3ccc(OCCN)cc3)C2)c2cnccc2n1. The van der Waals surface area contributed by atoms with Gasteiger partial charge in [-0.25, -0.2) is 0 Å². The maximum absolute atomic E-state index is 13.0. The molecule has 33 heavy (non-hydrogen) atoms. The van der Waals surface area contributed by atoms with Crippen LogP contribution < -0.4 is 15.4 Å². The maximum atomic E-state index is 13.0. The quantitative estimate of drug-likeness (QED) is 0.571. The number of fused-ring (bicyclic) bond motifs is 1. The van der Waals surface area contributed by atoms with Crippen LogP contribution in [0.5, 0.6) is 5.75 Å². The van der Waals surface area contributed by atoms with E-state index in [2.05, 4.69) is 14.9 Å². The molecule has 0 saturated carbocycles. The van der Waals surface area contributed by atoms with Crippen LogP contribution >= 0.6 is 0 Å². The Balaban J connectivity index is 1.47. The summed E-state index contributed by atoms with van der Waals surface area (Å²) in [6.07, 6.45) is 5.02. The molecule has 1 aliphatic heterocycles. The molecular weight excluding hydrogens is 418 g/mol. The number of carbonyl (C=O) groups is 1. The van der Waals surface area contributed by atoms with Crippen molar-refractivity contribution in [3.8, 4) is 5.75 Å². The van der Waals surface area contributed by atoms with Crippen LogP contribution in [0.15, 0.2) is 48.8 Å². The number of carbonyl (C=O) groups excluding carboxylic acids is 1. The van der Waals surface area contributed by atoms with E-state index in [4.69, 9.17) is 10.5 Å². The number of likely N-dealkylation sites (N-methyl/N-ethyl adjacent to an activating group) is 1. The molecule has 1 saturated heterocycles. The van der Waals surface area contributed by atoms with Gasteiger partial charge in [0.05, 0.1) is 17.7 Å². The first-order valence-corrected chi connectivity index (χ1v) is 11.3. The van der Waals surface area contributed by atoms with Crippen LogP contribution in [0.4, 0.5) is 5.69 Å². The first-order valence-electron chi connectivity index (χ1n) is 11.3. The molecule has 1 fully saturated rings. The smallest absolute Gasteiger partial charge is 0.253 e.